The highest BCUT2D eigenvalue weighted by atomic mass is 32.1. The molecule has 0 saturated carbocycles. The summed E-state index contributed by atoms with van der Waals surface area (Å²) in [5, 5.41) is 8.00. The van der Waals surface area contributed by atoms with Crippen molar-refractivity contribution in [3.05, 3.63) is 51.7 Å². The van der Waals surface area contributed by atoms with Gasteiger partial charge in [0.1, 0.15) is 5.75 Å². The largest absolute Gasteiger partial charge is 0.493 e. The lowest BCUT2D eigenvalue weighted by Crippen LogP contribution is -2.22. The van der Waals surface area contributed by atoms with E-state index >= 15 is 0 Å². The highest BCUT2D eigenvalue weighted by Crippen LogP contribution is 2.39. The van der Waals surface area contributed by atoms with Crippen molar-refractivity contribution >= 4 is 11.3 Å². The molecule has 0 saturated heterocycles. The third kappa shape index (κ3) is 2.60. The van der Waals surface area contributed by atoms with Crippen LogP contribution in [0.1, 0.15) is 41.5 Å². The number of hydrogen-bond donors (Lipinski definition) is 1. The van der Waals surface area contributed by atoms with Crippen molar-refractivity contribution in [2.75, 3.05) is 13.7 Å². The Kier molecular flexibility index (Phi) is 4.08. The highest BCUT2D eigenvalue weighted by Gasteiger charge is 2.25. The standard InChI is InChI=1S/C17H21NOS/c1-12-10-20-11-15(12)16(18-2)9-13-7-8-19-17-6-4-3-5-14(13)17/h3-6,10-11,13,16,18H,7-9H2,1-2H3. The Balaban J connectivity index is 1.82. The van der Waals surface area contributed by atoms with Gasteiger partial charge in [0.2, 0.25) is 0 Å². The van der Waals surface area contributed by atoms with Crippen LogP contribution in [-0.4, -0.2) is 13.7 Å². The quantitative estimate of drug-likeness (QED) is 0.906. The molecule has 2 heterocycles. The molecule has 2 atom stereocenters. The maximum atomic E-state index is 5.76. The van der Waals surface area contributed by atoms with Crippen LogP contribution in [0.2, 0.25) is 0 Å². The lowest BCUT2D eigenvalue weighted by atomic mass is 9.85. The summed E-state index contributed by atoms with van der Waals surface area (Å²) in [5.41, 5.74) is 4.21. The number of nitrogens with one attached hydrogen (secondary N) is 1. The van der Waals surface area contributed by atoms with Crippen molar-refractivity contribution in [1.82, 2.24) is 5.32 Å². The second kappa shape index (κ2) is 5.98. The van der Waals surface area contributed by atoms with Crippen molar-refractivity contribution in [2.45, 2.75) is 31.7 Å². The first kappa shape index (κ1) is 13.7. The van der Waals surface area contributed by atoms with Crippen LogP contribution in [0.3, 0.4) is 0 Å². The number of benzene rings is 1. The molecule has 20 heavy (non-hydrogen) atoms. The molecule has 2 nitrogen and oxygen atoms in total. The first-order chi connectivity index (χ1) is 9.79. The van der Waals surface area contributed by atoms with Crippen LogP contribution in [0, 0.1) is 6.92 Å². The van der Waals surface area contributed by atoms with Crippen LogP contribution in [0.5, 0.6) is 5.75 Å². The fourth-order valence-electron chi connectivity index (χ4n) is 3.07. The van der Waals surface area contributed by atoms with E-state index in [1.807, 2.05) is 0 Å². The fraction of sp³-hybridized carbons (Fsp3) is 0.412. The fourth-order valence-corrected chi connectivity index (χ4v) is 3.98. The van der Waals surface area contributed by atoms with Gasteiger partial charge in [-0.2, -0.15) is 11.3 Å². The SMILES string of the molecule is CNC(CC1CCOc2ccccc21)c1cscc1C. The lowest BCUT2D eigenvalue weighted by molar-refractivity contribution is 0.256. The number of thiophene rings is 1. The van der Waals surface area contributed by atoms with Gasteiger partial charge in [-0.25, -0.2) is 0 Å². The van der Waals surface area contributed by atoms with Crippen molar-refractivity contribution in [3.63, 3.8) is 0 Å². The molecule has 2 unspecified atom stereocenters. The predicted octanol–water partition coefficient (Wildman–Crippen LogP) is 4.27. The number of hydrogen-bond acceptors (Lipinski definition) is 3. The van der Waals surface area contributed by atoms with E-state index in [0.717, 1.165) is 25.2 Å². The normalized spacial score (nSPS) is 19.2. The molecule has 3 rings (SSSR count). The molecule has 1 aliphatic rings. The monoisotopic (exact) mass is 287 g/mol. The van der Waals surface area contributed by atoms with Gasteiger partial charge in [-0.05, 0) is 66.2 Å². The Labute approximate surface area is 124 Å². The molecule has 0 amide bonds. The van der Waals surface area contributed by atoms with Crippen LogP contribution in [0.15, 0.2) is 35.0 Å². The summed E-state index contributed by atoms with van der Waals surface area (Å²) >= 11 is 1.79. The van der Waals surface area contributed by atoms with E-state index in [-0.39, 0.29) is 0 Å². The van der Waals surface area contributed by atoms with Crippen LogP contribution < -0.4 is 10.1 Å². The Morgan fingerprint density at radius 2 is 2.20 bits per heavy atom. The topological polar surface area (TPSA) is 21.3 Å². The number of rotatable bonds is 4. The molecule has 0 radical (unpaired) electrons. The summed E-state index contributed by atoms with van der Waals surface area (Å²) < 4.78 is 5.76. The molecule has 0 spiro atoms. The van der Waals surface area contributed by atoms with E-state index < -0.39 is 0 Å². The van der Waals surface area contributed by atoms with E-state index in [0.29, 0.717) is 12.0 Å². The first-order valence-electron chi connectivity index (χ1n) is 7.21. The second-order valence-electron chi connectivity index (χ2n) is 5.46. The van der Waals surface area contributed by atoms with E-state index in [1.165, 1.54) is 16.7 Å². The second-order valence-corrected chi connectivity index (χ2v) is 6.20. The van der Waals surface area contributed by atoms with E-state index in [4.69, 9.17) is 4.74 Å². The van der Waals surface area contributed by atoms with Crippen LogP contribution in [0.4, 0.5) is 0 Å². The van der Waals surface area contributed by atoms with Crippen LogP contribution in [0.25, 0.3) is 0 Å². The van der Waals surface area contributed by atoms with Crippen molar-refractivity contribution < 1.29 is 4.74 Å². The van der Waals surface area contributed by atoms with Gasteiger partial charge in [0.15, 0.2) is 0 Å². The average molecular weight is 287 g/mol. The number of aryl methyl sites for hydroxylation is 1. The van der Waals surface area contributed by atoms with Gasteiger partial charge in [0, 0.05) is 6.04 Å². The molecule has 0 aliphatic carbocycles. The molecule has 1 aromatic heterocycles. The molecule has 1 aromatic carbocycles. The molecule has 3 heteroatoms. The Hall–Kier alpha value is -1.32. The first-order valence-corrected chi connectivity index (χ1v) is 8.15. The zero-order chi connectivity index (χ0) is 13.9. The Morgan fingerprint density at radius 1 is 1.35 bits per heavy atom. The van der Waals surface area contributed by atoms with E-state index in [1.54, 1.807) is 11.3 Å². The van der Waals surface area contributed by atoms with Gasteiger partial charge in [-0.1, -0.05) is 18.2 Å². The maximum absolute atomic E-state index is 5.76. The minimum absolute atomic E-state index is 0.428. The molecule has 0 fully saturated rings. The molecule has 1 N–H and O–H groups in total. The summed E-state index contributed by atoms with van der Waals surface area (Å²) in [5.74, 6) is 1.65. The number of ether oxygens (including phenoxy) is 1. The summed E-state index contributed by atoms with van der Waals surface area (Å²) in [6, 6.07) is 8.90. The summed E-state index contributed by atoms with van der Waals surface area (Å²) in [6.07, 6.45) is 2.24. The smallest absolute Gasteiger partial charge is 0.122 e. The Bertz CT molecular complexity index is 578. The number of fused-ring (bicyclic) bond motifs is 1. The molecule has 1 aliphatic heterocycles. The average Bonchev–Trinajstić information content (AvgIpc) is 2.91. The van der Waals surface area contributed by atoms with Crippen molar-refractivity contribution in [3.8, 4) is 5.75 Å². The predicted molar refractivity (Wildman–Crippen MR) is 84.8 cm³/mol. The van der Waals surface area contributed by atoms with Crippen molar-refractivity contribution in [1.29, 1.82) is 0 Å². The van der Waals surface area contributed by atoms with Gasteiger partial charge in [-0.3, -0.25) is 0 Å². The van der Waals surface area contributed by atoms with Gasteiger partial charge in [0.05, 0.1) is 6.61 Å². The third-order valence-corrected chi connectivity index (χ3v) is 5.10. The molecular formula is C17H21NOS. The summed E-state index contributed by atoms with van der Waals surface area (Å²) in [7, 11) is 2.06. The van der Waals surface area contributed by atoms with Gasteiger partial charge >= 0.3 is 0 Å². The van der Waals surface area contributed by atoms with E-state index in [2.05, 4.69) is 54.3 Å². The maximum Gasteiger partial charge on any atom is 0.122 e. The molecular weight excluding hydrogens is 266 g/mol. The van der Waals surface area contributed by atoms with Crippen molar-refractivity contribution in [2.24, 2.45) is 0 Å². The zero-order valence-corrected chi connectivity index (χ0v) is 12.9. The van der Waals surface area contributed by atoms with Gasteiger partial charge in [0.25, 0.3) is 0 Å². The third-order valence-electron chi connectivity index (χ3n) is 4.22. The minimum Gasteiger partial charge on any atom is -0.493 e. The number of para-hydroxylation sites is 1. The van der Waals surface area contributed by atoms with Crippen LogP contribution >= 0.6 is 11.3 Å². The van der Waals surface area contributed by atoms with Gasteiger partial charge in [-0.15, -0.1) is 0 Å². The molecule has 0 bridgehead atoms. The summed E-state index contributed by atoms with van der Waals surface area (Å²) in [4.78, 5) is 0. The summed E-state index contributed by atoms with van der Waals surface area (Å²) in [6.45, 7) is 3.04. The zero-order valence-electron chi connectivity index (χ0n) is 12.1. The molecule has 2 aromatic rings. The lowest BCUT2D eigenvalue weighted by Gasteiger charge is -2.29. The van der Waals surface area contributed by atoms with Crippen LogP contribution in [-0.2, 0) is 0 Å². The highest BCUT2D eigenvalue weighted by molar-refractivity contribution is 7.08. The Morgan fingerprint density at radius 3 is 2.95 bits per heavy atom. The molecule has 106 valence electrons. The van der Waals surface area contributed by atoms with Gasteiger partial charge < -0.3 is 10.1 Å². The minimum atomic E-state index is 0.428. The van der Waals surface area contributed by atoms with E-state index in [9.17, 15) is 0 Å².